The molecule has 0 unspecified atom stereocenters. The quantitative estimate of drug-likeness (QED) is 0.311. The highest BCUT2D eigenvalue weighted by atomic mass is 19.4. The molecule has 0 atom stereocenters. The van der Waals surface area contributed by atoms with Crippen LogP contribution in [0.1, 0.15) is 23.6 Å². The zero-order valence-electron chi connectivity index (χ0n) is 18.8. The van der Waals surface area contributed by atoms with E-state index in [0.717, 1.165) is 34.2 Å². The van der Waals surface area contributed by atoms with E-state index in [1.165, 1.54) is 25.3 Å². The molecule has 1 heterocycles. The summed E-state index contributed by atoms with van der Waals surface area (Å²) < 4.78 is 50.1. The van der Waals surface area contributed by atoms with Gasteiger partial charge in [0.25, 0.3) is 0 Å². The SMILES string of the molecule is COc1cc2occ(-c3ccc(C)cc3)c2cc1/C(C)=C/C(=O)Nc1cccc(C(F)(F)F)c1. The maximum absolute atomic E-state index is 12.9. The summed E-state index contributed by atoms with van der Waals surface area (Å²) in [6.07, 6.45) is -1.48. The number of fused-ring (bicyclic) bond motifs is 1. The molecule has 1 amide bonds. The number of amides is 1. The van der Waals surface area contributed by atoms with Crippen molar-refractivity contribution in [3.8, 4) is 16.9 Å². The summed E-state index contributed by atoms with van der Waals surface area (Å²) in [5.74, 6) is -0.0390. The fourth-order valence-electron chi connectivity index (χ4n) is 3.71. The second kappa shape index (κ2) is 9.09. The summed E-state index contributed by atoms with van der Waals surface area (Å²) in [6.45, 7) is 3.75. The van der Waals surface area contributed by atoms with E-state index in [9.17, 15) is 18.0 Å². The Balaban J connectivity index is 1.67. The van der Waals surface area contributed by atoms with Gasteiger partial charge >= 0.3 is 6.18 Å². The van der Waals surface area contributed by atoms with Gasteiger partial charge in [-0.3, -0.25) is 4.79 Å². The molecule has 3 aromatic carbocycles. The number of carbonyl (C=O) groups is 1. The topological polar surface area (TPSA) is 51.5 Å². The highest BCUT2D eigenvalue weighted by Crippen LogP contribution is 2.37. The number of hydrogen-bond donors (Lipinski definition) is 1. The third-order valence-corrected chi connectivity index (χ3v) is 5.49. The fraction of sp³-hybridized carbons (Fsp3) is 0.148. The predicted molar refractivity (Wildman–Crippen MR) is 127 cm³/mol. The smallest absolute Gasteiger partial charge is 0.416 e. The van der Waals surface area contributed by atoms with Gasteiger partial charge in [-0.05, 0) is 49.2 Å². The number of alkyl halides is 3. The van der Waals surface area contributed by atoms with Crippen LogP contribution < -0.4 is 10.1 Å². The monoisotopic (exact) mass is 465 g/mol. The minimum absolute atomic E-state index is 0.0581. The van der Waals surface area contributed by atoms with E-state index >= 15 is 0 Å². The number of benzene rings is 3. The van der Waals surface area contributed by atoms with Crippen molar-refractivity contribution < 1.29 is 27.1 Å². The second-order valence-electron chi connectivity index (χ2n) is 7.96. The first-order valence-corrected chi connectivity index (χ1v) is 10.5. The molecule has 4 rings (SSSR count). The van der Waals surface area contributed by atoms with Crippen LogP contribution in [0.25, 0.3) is 27.7 Å². The molecule has 0 aliphatic carbocycles. The van der Waals surface area contributed by atoms with Gasteiger partial charge in [-0.15, -0.1) is 0 Å². The van der Waals surface area contributed by atoms with Gasteiger partial charge in [0.1, 0.15) is 11.3 Å². The van der Waals surface area contributed by atoms with Crippen LogP contribution in [0.15, 0.2) is 77.4 Å². The summed E-state index contributed by atoms with van der Waals surface area (Å²) in [5, 5.41) is 3.35. The Bertz CT molecular complexity index is 1380. The number of anilines is 1. The highest BCUT2D eigenvalue weighted by Gasteiger charge is 2.30. The first-order chi connectivity index (χ1) is 16.2. The Morgan fingerprint density at radius 2 is 1.79 bits per heavy atom. The lowest BCUT2D eigenvalue weighted by Gasteiger charge is -2.11. The Hall–Kier alpha value is -4.00. The predicted octanol–water partition coefficient (Wildman–Crippen LogP) is 7.48. The van der Waals surface area contributed by atoms with Crippen molar-refractivity contribution in [3.63, 3.8) is 0 Å². The molecule has 0 radical (unpaired) electrons. The van der Waals surface area contributed by atoms with Gasteiger partial charge in [-0.2, -0.15) is 13.2 Å². The van der Waals surface area contributed by atoms with E-state index in [-0.39, 0.29) is 5.69 Å². The number of rotatable bonds is 5. The van der Waals surface area contributed by atoms with Crippen molar-refractivity contribution in [3.05, 3.63) is 89.7 Å². The van der Waals surface area contributed by atoms with Gasteiger partial charge in [0.05, 0.1) is 18.9 Å². The summed E-state index contributed by atoms with van der Waals surface area (Å²) in [6, 6.07) is 16.2. The largest absolute Gasteiger partial charge is 0.496 e. The number of ether oxygens (including phenoxy) is 1. The summed E-state index contributed by atoms with van der Waals surface area (Å²) in [5.41, 5.74) is 4.15. The number of nitrogens with one attached hydrogen (secondary N) is 1. The summed E-state index contributed by atoms with van der Waals surface area (Å²) >= 11 is 0. The lowest BCUT2D eigenvalue weighted by Crippen LogP contribution is -2.11. The Labute approximate surface area is 194 Å². The normalized spacial score (nSPS) is 12.1. The summed E-state index contributed by atoms with van der Waals surface area (Å²) in [7, 11) is 1.52. The van der Waals surface area contributed by atoms with Crippen molar-refractivity contribution in [1.29, 1.82) is 0 Å². The van der Waals surface area contributed by atoms with E-state index in [2.05, 4.69) is 5.32 Å². The van der Waals surface area contributed by atoms with Crippen LogP contribution in [-0.2, 0) is 11.0 Å². The first kappa shape index (κ1) is 23.2. The van der Waals surface area contributed by atoms with Gasteiger partial charge in [0.15, 0.2) is 0 Å². The lowest BCUT2D eigenvalue weighted by atomic mass is 9.99. The molecule has 0 aliphatic heterocycles. The molecular formula is C27H22F3NO3. The van der Waals surface area contributed by atoms with Crippen molar-refractivity contribution in [2.45, 2.75) is 20.0 Å². The van der Waals surface area contributed by atoms with Gasteiger partial charge in [0.2, 0.25) is 5.91 Å². The first-order valence-electron chi connectivity index (χ1n) is 10.5. The van der Waals surface area contributed by atoms with Crippen molar-refractivity contribution in [2.75, 3.05) is 12.4 Å². The van der Waals surface area contributed by atoms with Crippen molar-refractivity contribution >= 4 is 28.1 Å². The molecule has 1 N–H and O–H groups in total. The van der Waals surface area contributed by atoms with E-state index in [1.807, 2.05) is 37.3 Å². The molecular weight excluding hydrogens is 443 g/mol. The van der Waals surface area contributed by atoms with E-state index in [4.69, 9.17) is 9.15 Å². The van der Waals surface area contributed by atoms with Crippen LogP contribution in [0, 0.1) is 6.92 Å². The summed E-state index contributed by atoms with van der Waals surface area (Å²) in [4.78, 5) is 12.6. The van der Waals surface area contributed by atoms with Crippen LogP contribution in [0.5, 0.6) is 5.75 Å². The number of carbonyl (C=O) groups excluding carboxylic acids is 1. The molecule has 34 heavy (non-hydrogen) atoms. The Morgan fingerprint density at radius 1 is 1.06 bits per heavy atom. The van der Waals surface area contributed by atoms with Crippen molar-refractivity contribution in [2.24, 2.45) is 0 Å². The molecule has 174 valence electrons. The zero-order valence-corrected chi connectivity index (χ0v) is 18.8. The molecule has 0 fully saturated rings. The van der Waals surface area contributed by atoms with Crippen LogP contribution in [0.4, 0.5) is 18.9 Å². The van der Waals surface area contributed by atoms with Gasteiger partial charge in [-0.1, -0.05) is 35.9 Å². The number of aryl methyl sites for hydroxylation is 1. The molecule has 0 saturated carbocycles. The standard InChI is InChI=1S/C27H22F3NO3/c1-16-7-9-18(10-8-16)23-15-34-25-14-24(33-3)21(13-22(23)25)17(2)11-26(32)31-20-6-4-5-19(12-20)27(28,29)30/h4-15H,1-3H3,(H,31,32)/b17-11+. The molecule has 0 spiro atoms. The lowest BCUT2D eigenvalue weighted by molar-refractivity contribution is -0.137. The minimum atomic E-state index is -4.49. The number of allylic oxidation sites excluding steroid dienone is 1. The van der Waals surface area contributed by atoms with Gasteiger partial charge in [0, 0.05) is 34.3 Å². The van der Waals surface area contributed by atoms with Gasteiger partial charge < -0.3 is 14.5 Å². The molecule has 4 aromatic rings. The second-order valence-corrected chi connectivity index (χ2v) is 7.96. The number of methoxy groups -OCH3 is 1. The highest BCUT2D eigenvalue weighted by molar-refractivity contribution is 6.05. The minimum Gasteiger partial charge on any atom is -0.496 e. The molecule has 1 aromatic heterocycles. The van der Waals surface area contributed by atoms with E-state index < -0.39 is 17.6 Å². The number of furan rings is 1. The van der Waals surface area contributed by atoms with Crippen LogP contribution in [0.3, 0.4) is 0 Å². The molecule has 0 saturated heterocycles. The maximum atomic E-state index is 12.9. The van der Waals surface area contributed by atoms with E-state index in [0.29, 0.717) is 22.5 Å². The molecule has 4 nitrogen and oxygen atoms in total. The van der Waals surface area contributed by atoms with E-state index in [1.54, 1.807) is 19.3 Å². The van der Waals surface area contributed by atoms with Crippen LogP contribution in [-0.4, -0.2) is 13.0 Å². The zero-order chi connectivity index (χ0) is 24.5. The number of hydrogen-bond acceptors (Lipinski definition) is 3. The molecule has 7 heteroatoms. The average Bonchev–Trinajstić information content (AvgIpc) is 3.21. The van der Waals surface area contributed by atoms with Gasteiger partial charge in [-0.25, -0.2) is 0 Å². The van der Waals surface area contributed by atoms with Crippen LogP contribution in [0.2, 0.25) is 0 Å². The fourth-order valence-corrected chi connectivity index (χ4v) is 3.71. The third kappa shape index (κ3) is 4.83. The third-order valence-electron chi connectivity index (χ3n) is 5.49. The Morgan fingerprint density at radius 3 is 2.47 bits per heavy atom. The average molecular weight is 465 g/mol. The Kier molecular flexibility index (Phi) is 6.20. The van der Waals surface area contributed by atoms with Crippen molar-refractivity contribution in [1.82, 2.24) is 0 Å². The molecule has 0 bridgehead atoms. The van der Waals surface area contributed by atoms with Crippen LogP contribution >= 0.6 is 0 Å². The molecule has 0 aliphatic rings. The number of halogens is 3. The maximum Gasteiger partial charge on any atom is 0.416 e.